The monoisotopic (exact) mass is 330 g/mol. The summed E-state index contributed by atoms with van der Waals surface area (Å²) < 4.78 is 27.8. The minimum absolute atomic E-state index is 0.130. The van der Waals surface area contributed by atoms with Gasteiger partial charge in [0.2, 0.25) is 0 Å². The molecule has 2 nitrogen and oxygen atoms in total. The third-order valence-electron chi connectivity index (χ3n) is 4.34. The second-order valence-corrected chi connectivity index (χ2v) is 6.30. The average molecular weight is 331 g/mol. The van der Waals surface area contributed by atoms with E-state index in [1.165, 1.54) is 38.1 Å². The van der Waals surface area contributed by atoms with Crippen molar-refractivity contribution in [2.75, 3.05) is 19.6 Å². The minimum Gasteiger partial charge on any atom is -0.308 e. The molecule has 104 valence electrons. The lowest BCUT2D eigenvalue weighted by atomic mass is 9.84. The molecule has 19 heavy (non-hydrogen) atoms. The van der Waals surface area contributed by atoms with Crippen LogP contribution in [-0.2, 0) is 6.54 Å². The molecule has 3 heterocycles. The standard InChI is InChI=1S/C14H17BrF2N2/c15-11-1-2-12(16)10(14(11)17)7-18-13-8-19-5-3-9(13)4-6-19/h1-2,9,13,18H,3-8H2. The Labute approximate surface area is 120 Å². The fourth-order valence-electron chi connectivity index (χ4n) is 3.16. The van der Waals surface area contributed by atoms with Crippen LogP contribution in [-0.4, -0.2) is 30.6 Å². The number of nitrogens with one attached hydrogen (secondary N) is 1. The summed E-state index contributed by atoms with van der Waals surface area (Å²) in [5.74, 6) is -0.313. The molecule has 1 aromatic rings. The summed E-state index contributed by atoms with van der Waals surface area (Å²) in [6.45, 7) is 3.60. The number of rotatable bonds is 3. The molecule has 1 N–H and O–H groups in total. The molecule has 0 aliphatic carbocycles. The number of piperidine rings is 3. The van der Waals surface area contributed by atoms with E-state index in [1.54, 1.807) is 0 Å². The van der Waals surface area contributed by atoms with Crippen molar-refractivity contribution in [3.05, 3.63) is 33.8 Å². The van der Waals surface area contributed by atoms with Gasteiger partial charge in [0, 0.05) is 24.7 Å². The molecule has 3 aliphatic heterocycles. The Morgan fingerprint density at radius 2 is 2.00 bits per heavy atom. The van der Waals surface area contributed by atoms with Gasteiger partial charge in [0.15, 0.2) is 0 Å². The number of fused-ring (bicyclic) bond motifs is 3. The Balaban J connectivity index is 1.68. The van der Waals surface area contributed by atoms with Crippen molar-refractivity contribution in [1.82, 2.24) is 10.2 Å². The quantitative estimate of drug-likeness (QED) is 0.857. The molecule has 0 aromatic heterocycles. The Hall–Kier alpha value is -0.520. The van der Waals surface area contributed by atoms with Crippen LogP contribution in [0.1, 0.15) is 18.4 Å². The molecule has 3 saturated heterocycles. The van der Waals surface area contributed by atoms with Gasteiger partial charge in [-0.3, -0.25) is 0 Å². The van der Waals surface area contributed by atoms with Gasteiger partial charge in [-0.1, -0.05) is 0 Å². The summed E-state index contributed by atoms with van der Waals surface area (Å²) in [7, 11) is 0. The van der Waals surface area contributed by atoms with Gasteiger partial charge >= 0.3 is 0 Å². The Morgan fingerprint density at radius 3 is 2.63 bits per heavy atom. The van der Waals surface area contributed by atoms with Crippen LogP contribution in [0.3, 0.4) is 0 Å². The number of nitrogens with zero attached hydrogens (tertiary/aromatic N) is 1. The van der Waals surface area contributed by atoms with Gasteiger partial charge < -0.3 is 10.2 Å². The number of benzene rings is 1. The summed E-state index contributed by atoms with van der Waals surface area (Å²) in [6, 6.07) is 3.07. The Kier molecular flexibility index (Phi) is 3.87. The van der Waals surface area contributed by atoms with E-state index in [0.717, 1.165) is 6.54 Å². The second kappa shape index (κ2) is 5.46. The fourth-order valence-corrected chi connectivity index (χ4v) is 3.53. The predicted octanol–water partition coefficient (Wildman–Crippen LogP) is 2.91. The summed E-state index contributed by atoms with van der Waals surface area (Å²) in [6.07, 6.45) is 2.39. The molecule has 0 saturated carbocycles. The first-order chi connectivity index (χ1) is 9.15. The largest absolute Gasteiger partial charge is 0.308 e. The molecule has 1 aromatic carbocycles. The molecule has 0 radical (unpaired) electrons. The lowest BCUT2D eigenvalue weighted by Crippen LogP contribution is -2.55. The van der Waals surface area contributed by atoms with Crippen molar-refractivity contribution in [2.24, 2.45) is 5.92 Å². The molecule has 3 fully saturated rings. The first kappa shape index (κ1) is 13.5. The zero-order chi connectivity index (χ0) is 13.4. The van der Waals surface area contributed by atoms with Gasteiger partial charge in [0.1, 0.15) is 11.6 Å². The lowest BCUT2D eigenvalue weighted by Gasteiger charge is -2.45. The molecule has 1 atom stereocenters. The highest BCUT2D eigenvalue weighted by Gasteiger charge is 2.33. The van der Waals surface area contributed by atoms with Crippen molar-refractivity contribution >= 4 is 15.9 Å². The third-order valence-corrected chi connectivity index (χ3v) is 4.95. The SMILES string of the molecule is Fc1ccc(Br)c(F)c1CNC1CN2CCC1CC2. The number of hydrogen-bond donors (Lipinski definition) is 1. The highest BCUT2D eigenvalue weighted by atomic mass is 79.9. The van der Waals surface area contributed by atoms with E-state index in [4.69, 9.17) is 0 Å². The van der Waals surface area contributed by atoms with Crippen LogP contribution in [0.5, 0.6) is 0 Å². The summed E-state index contributed by atoms with van der Waals surface area (Å²) in [5, 5.41) is 3.34. The van der Waals surface area contributed by atoms with Crippen LogP contribution in [0.15, 0.2) is 16.6 Å². The van der Waals surface area contributed by atoms with Crippen LogP contribution in [0, 0.1) is 17.6 Å². The van der Waals surface area contributed by atoms with Gasteiger partial charge in [0.05, 0.1) is 4.47 Å². The average Bonchev–Trinajstić information content (AvgIpc) is 2.44. The summed E-state index contributed by atoms with van der Waals surface area (Å²) >= 11 is 3.10. The summed E-state index contributed by atoms with van der Waals surface area (Å²) in [5.41, 5.74) is 0.130. The molecule has 2 bridgehead atoms. The van der Waals surface area contributed by atoms with E-state index < -0.39 is 11.6 Å². The zero-order valence-electron chi connectivity index (χ0n) is 10.6. The Bertz CT molecular complexity index is 473. The highest BCUT2D eigenvalue weighted by molar-refractivity contribution is 9.10. The van der Waals surface area contributed by atoms with Crippen LogP contribution >= 0.6 is 15.9 Å². The van der Waals surface area contributed by atoms with Crippen LogP contribution < -0.4 is 5.32 Å². The van der Waals surface area contributed by atoms with Gasteiger partial charge in [-0.05, 0) is 59.9 Å². The van der Waals surface area contributed by atoms with Crippen LogP contribution in [0.2, 0.25) is 0 Å². The van der Waals surface area contributed by atoms with E-state index in [0.29, 0.717) is 16.4 Å². The van der Waals surface area contributed by atoms with Gasteiger partial charge in [-0.15, -0.1) is 0 Å². The Morgan fingerprint density at radius 1 is 1.26 bits per heavy atom. The number of halogens is 3. The van der Waals surface area contributed by atoms with E-state index in [1.807, 2.05) is 0 Å². The van der Waals surface area contributed by atoms with Crippen molar-refractivity contribution in [2.45, 2.75) is 25.4 Å². The molecular weight excluding hydrogens is 314 g/mol. The van der Waals surface area contributed by atoms with E-state index in [2.05, 4.69) is 26.1 Å². The minimum atomic E-state index is -0.492. The normalized spacial score (nSPS) is 29.7. The fraction of sp³-hybridized carbons (Fsp3) is 0.571. The third kappa shape index (κ3) is 2.69. The smallest absolute Gasteiger partial charge is 0.144 e. The first-order valence-electron chi connectivity index (χ1n) is 6.73. The molecule has 1 unspecified atom stereocenters. The number of hydrogen-bond acceptors (Lipinski definition) is 2. The van der Waals surface area contributed by atoms with Gasteiger partial charge in [-0.2, -0.15) is 0 Å². The van der Waals surface area contributed by atoms with Crippen molar-refractivity contribution < 1.29 is 8.78 Å². The lowest BCUT2D eigenvalue weighted by molar-refractivity contribution is 0.0717. The maximum Gasteiger partial charge on any atom is 0.144 e. The van der Waals surface area contributed by atoms with Crippen molar-refractivity contribution in [3.8, 4) is 0 Å². The second-order valence-electron chi connectivity index (χ2n) is 5.45. The molecule has 0 spiro atoms. The van der Waals surface area contributed by atoms with E-state index in [9.17, 15) is 8.78 Å². The molecule has 4 rings (SSSR count). The predicted molar refractivity (Wildman–Crippen MR) is 73.8 cm³/mol. The molecule has 0 amide bonds. The van der Waals surface area contributed by atoms with Crippen molar-refractivity contribution in [3.63, 3.8) is 0 Å². The molecule has 5 heteroatoms. The first-order valence-corrected chi connectivity index (χ1v) is 7.52. The molecular formula is C14H17BrF2N2. The maximum absolute atomic E-state index is 13.9. The van der Waals surface area contributed by atoms with Crippen molar-refractivity contribution in [1.29, 1.82) is 0 Å². The summed E-state index contributed by atoms with van der Waals surface area (Å²) in [4.78, 5) is 2.42. The van der Waals surface area contributed by atoms with Crippen LogP contribution in [0.4, 0.5) is 8.78 Å². The topological polar surface area (TPSA) is 15.3 Å². The van der Waals surface area contributed by atoms with Gasteiger partial charge in [0.25, 0.3) is 0 Å². The van der Waals surface area contributed by atoms with E-state index >= 15 is 0 Å². The zero-order valence-corrected chi connectivity index (χ0v) is 12.2. The van der Waals surface area contributed by atoms with E-state index in [-0.39, 0.29) is 12.1 Å². The highest BCUT2D eigenvalue weighted by Crippen LogP contribution is 2.28. The van der Waals surface area contributed by atoms with Crippen LogP contribution in [0.25, 0.3) is 0 Å². The molecule has 3 aliphatic rings. The van der Waals surface area contributed by atoms with Gasteiger partial charge in [-0.25, -0.2) is 8.78 Å². The maximum atomic E-state index is 13.9.